The highest BCUT2D eigenvalue weighted by atomic mass is 79.9. The predicted octanol–water partition coefficient (Wildman–Crippen LogP) is 10.8. The zero-order valence-corrected chi connectivity index (χ0v) is 29.1. The summed E-state index contributed by atoms with van der Waals surface area (Å²) in [4.78, 5) is 13.4. The fourth-order valence-electron chi connectivity index (χ4n) is 6.51. The van der Waals surface area contributed by atoms with Gasteiger partial charge in [0, 0.05) is 10.0 Å². The SMILES string of the molecule is CC(C)[C@H]1CC[C@@H](C)C[C@H]1OP(=O)(O[C@@H]1C[C@H](C)CC[C@@H]1C(C)C)[C@H](OC(=O)c1ccc(Br)o1)c1ccc(Br)cc1. The molecule has 0 radical (unpaired) electrons. The van der Waals surface area contributed by atoms with E-state index in [0.29, 0.717) is 33.9 Å². The summed E-state index contributed by atoms with van der Waals surface area (Å²) in [5.41, 5.74) is 0.561. The third kappa shape index (κ3) is 8.38. The van der Waals surface area contributed by atoms with E-state index in [1.807, 2.05) is 24.3 Å². The molecule has 9 heteroatoms. The molecule has 1 heterocycles. The molecule has 41 heavy (non-hydrogen) atoms. The first-order chi connectivity index (χ1) is 19.4. The highest BCUT2D eigenvalue weighted by Gasteiger charge is 2.49. The molecule has 228 valence electrons. The number of benzene rings is 1. The van der Waals surface area contributed by atoms with Gasteiger partial charge in [0.25, 0.3) is 0 Å². The number of hydrogen-bond donors (Lipinski definition) is 0. The van der Waals surface area contributed by atoms with Crippen LogP contribution in [-0.4, -0.2) is 18.2 Å². The molecule has 2 aliphatic carbocycles. The van der Waals surface area contributed by atoms with Crippen LogP contribution in [0, 0.1) is 35.5 Å². The monoisotopic (exact) mass is 714 g/mol. The molecule has 0 amide bonds. The molecule has 2 fully saturated rings. The van der Waals surface area contributed by atoms with E-state index in [9.17, 15) is 4.79 Å². The van der Waals surface area contributed by atoms with Gasteiger partial charge in [-0.15, -0.1) is 0 Å². The lowest BCUT2D eigenvalue weighted by Crippen LogP contribution is -2.37. The molecule has 6 nitrogen and oxygen atoms in total. The number of carbonyl (C=O) groups excluding carboxylic acids is 1. The van der Waals surface area contributed by atoms with Gasteiger partial charge >= 0.3 is 13.6 Å². The molecule has 0 aliphatic heterocycles. The van der Waals surface area contributed by atoms with Crippen LogP contribution in [-0.2, 0) is 18.3 Å². The highest BCUT2D eigenvalue weighted by molar-refractivity contribution is 9.10. The van der Waals surface area contributed by atoms with Crippen LogP contribution in [0.3, 0.4) is 0 Å². The number of rotatable bonds is 10. The number of ether oxygens (including phenoxy) is 1. The van der Waals surface area contributed by atoms with E-state index in [-0.39, 0.29) is 29.8 Å². The maximum atomic E-state index is 15.5. The Labute approximate surface area is 262 Å². The molecule has 2 saturated carbocycles. The zero-order chi connectivity index (χ0) is 29.9. The molecule has 1 aromatic carbocycles. The van der Waals surface area contributed by atoms with E-state index in [1.165, 1.54) is 6.07 Å². The number of hydrogen-bond acceptors (Lipinski definition) is 6. The Morgan fingerprint density at radius 2 is 1.34 bits per heavy atom. The molecular formula is C32H45Br2O6P. The van der Waals surface area contributed by atoms with Crippen LogP contribution in [0.25, 0.3) is 0 Å². The van der Waals surface area contributed by atoms with Crippen molar-refractivity contribution in [3.8, 4) is 0 Å². The standard InChI is InChI=1S/C32H45Br2O6P/c1-19(2)25-13-7-21(5)17-28(25)39-41(36,40-29-18-22(6)8-14-26(29)20(3)4)32(23-9-11-24(33)12-10-23)38-31(35)27-15-16-30(34)37-27/h9-12,15-16,19-22,25-26,28-29,32H,7-8,13-14,17-18H2,1-6H3/t21-,22-,25-,26-,28-,29-,32+/m1/s1. The third-order valence-corrected chi connectivity index (χ3v) is 12.0. The average Bonchev–Trinajstić information content (AvgIpc) is 3.34. The van der Waals surface area contributed by atoms with Gasteiger partial charge < -0.3 is 18.2 Å². The minimum atomic E-state index is -4.09. The fourth-order valence-corrected chi connectivity index (χ4v) is 9.35. The van der Waals surface area contributed by atoms with Crippen LogP contribution in [0.2, 0.25) is 0 Å². The van der Waals surface area contributed by atoms with Crippen LogP contribution in [0.1, 0.15) is 102 Å². The summed E-state index contributed by atoms with van der Waals surface area (Å²) in [5, 5.41) is 0. The maximum Gasteiger partial charge on any atom is 0.376 e. The van der Waals surface area contributed by atoms with Gasteiger partial charge in [-0.3, -0.25) is 4.57 Å². The summed E-state index contributed by atoms with van der Waals surface area (Å²) in [6, 6.07) is 10.5. The van der Waals surface area contributed by atoms with Crippen LogP contribution in [0.4, 0.5) is 0 Å². The summed E-state index contributed by atoms with van der Waals surface area (Å²) in [6.07, 6.45) is 5.27. The van der Waals surface area contributed by atoms with E-state index >= 15 is 4.57 Å². The van der Waals surface area contributed by atoms with Crippen molar-refractivity contribution < 1.29 is 27.6 Å². The third-order valence-electron chi connectivity index (χ3n) is 8.92. The molecule has 0 unspecified atom stereocenters. The smallest absolute Gasteiger partial charge is 0.376 e. The van der Waals surface area contributed by atoms with Gasteiger partial charge in [0.05, 0.1) is 12.2 Å². The summed E-state index contributed by atoms with van der Waals surface area (Å²) >= 11 is 6.75. The number of carbonyl (C=O) groups is 1. The molecule has 0 spiro atoms. The van der Waals surface area contributed by atoms with E-state index in [4.69, 9.17) is 18.2 Å². The van der Waals surface area contributed by atoms with E-state index in [1.54, 1.807) is 6.07 Å². The lowest BCUT2D eigenvalue weighted by atomic mass is 9.75. The van der Waals surface area contributed by atoms with Crippen LogP contribution in [0.5, 0.6) is 0 Å². The van der Waals surface area contributed by atoms with Gasteiger partial charge in [0.1, 0.15) is 0 Å². The van der Waals surface area contributed by atoms with Crippen LogP contribution >= 0.6 is 39.5 Å². The van der Waals surface area contributed by atoms with Crippen molar-refractivity contribution in [1.29, 1.82) is 0 Å². The zero-order valence-electron chi connectivity index (χ0n) is 25.1. The first-order valence-electron chi connectivity index (χ1n) is 15.0. The number of esters is 1. The Balaban J connectivity index is 1.79. The summed E-state index contributed by atoms with van der Waals surface area (Å²) < 4.78 is 41.9. The van der Waals surface area contributed by atoms with Gasteiger partial charge in [0.15, 0.2) is 4.67 Å². The van der Waals surface area contributed by atoms with Crippen LogP contribution in [0.15, 0.2) is 50.0 Å². The minimum absolute atomic E-state index is 0.0169. The Hall–Kier alpha value is -0.920. The number of furan rings is 1. The van der Waals surface area contributed by atoms with Crippen LogP contribution < -0.4 is 0 Å². The van der Waals surface area contributed by atoms with Gasteiger partial charge in [-0.25, -0.2) is 4.79 Å². The lowest BCUT2D eigenvalue weighted by Gasteiger charge is -2.43. The second-order valence-electron chi connectivity index (χ2n) is 12.9. The summed E-state index contributed by atoms with van der Waals surface area (Å²) in [6.45, 7) is 13.2. The quantitative estimate of drug-likeness (QED) is 0.180. The molecule has 7 atom stereocenters. The topological polar surface area (TPSA) is 75.0 Å². The predicted molar refractivity (Wildman–Crippen MR) is 169 cm³/mol. The molecule has 4 rings (SSSR count). The normalized spacial score (nSPS) is 28.1. The molecule has 1 aromatic heterocycles. The van der Waals surface area contributed by atoms with Crippen molar-refractivity contribution in [1.82, 2.24) is 0 Å². The van der Waals surface area contributed by atoms with E-state index in [2.05, 4.69) is 73.4 Å². The summed E-state index contributed by atoms with van der Waals surface area (Å²) in [7, 11) is -4.09. The Morgan fingerprint density at radius 1 is 0.829 bits per heavy atom. The lowest BCUT2D eigenvalue weighted by molar-refractivity contribution is -0.0213. The van der Waals surface area contributed by atoms with Crippen molar-refractivity contribution >= 4 is 45.4 Å². The second kappa shape index (κ2) is 14.2. The first-order valence-corrected chi connectivity index (χ1v) is 18.2. The Morgan fingerprint density at radius 3 is 1.78 bits per heavy atom. The average molecular weight is 716 g/mol. The molecule has 2 aromatic rings. The molecular weight excluding hydrogens is 671 g/mol. The van der Waals surface area contributed by atoms with Crippen molar-refractivity contribution in [2.75, 3.05) is 0 Å². The van der Waals surface area contributed by atoms with Crippen molar-refractivity contribution in [2.24, 2.45) is 35.5 Å². The van der Waals surface area contributed by atoms with Gasteiger partial charge in [-0.1, -0.05) is 82.4 Å². The largest absolute Gasteiger partial charge is 0.442 e. The Kier molecular flexibility index (Phi) is 11.5. The van der Waals surface area contributed by atoms with Crippen molar-refractivity contribution in [3.63, 3.8) is 0 Å². The first kappa shape index (κ1) is 33.0. The molecule has 0 bridgehead atoms. The van der Waals surface area contributed by atoms with E-state index in [0.717, 1.165) is 43.0 Å². The summed E-state index contributed by atoms with van der Waals surface area (Å²) in [5.74, 6) is 0.109. The fraction of sp³-hybridized carbons (Fsp3) is 0.656. The second-order valence-corrected chi connectivity index (χ2v) is 16.6. The Bertz CT molecular complexity index is 1160. The molecule has 0 N–H and O–H groups in total. The maximum absolute atomic E-state index is 15.5. The molecule has 2 aliphatic rings. The highest BCUT2D eigenvalue weighted by Crippen LogP contribution is 2.66. The van der Waals surface area contributed by atoms with Crippen molar-refractivity contribution in [3.05, 3.63) is 56.9 Å². The minimum Gasteiger partial charge on any atom is -0.442 e. The van der Waals surface area contributed by atoms with Gasteiger partial charge in [-0.05, 0) is 101 Å². The van der Waals surface area contributed by atoms with Gasteiger partial charge in [-0.2, -0.15) is 0 Å². The van der Waals surface area contributed by atoms with E-state index < -0.39 is 19.4 Å². The van der Waals surface area contributed by atoms with Gasteiger partial charge in [0.2, 0.25) is 11.6 Å². The van der Waals surface area contributed by atoms with Crippen molar-refractivity contribution in [2.45, 2.75) is 98.1 Å². The molecule has 0 saturated heterocycles. The number of halogens is 2.